The number of amides is 1. The summed E-state index contributed by atoms with van der Waals surface area (Å²) in [7, 11) is 0. The normalized spacial score (nSPS) is 9.85. The smallest absolute Gasteiger partial charge is 0.255 e. The predicted octanol–water partition coefficient (Wildman–Crippen LogP) is 3.70. The second kappa shape index (κ2) is 5.83. The van der Waals surface area contributed by atoms with Gasteiger partial charge in [0, 0.05) is 11.3 Å². The topological polar surface area (TPSA) is 78.9 Å². The van der Waals surface area contributed by atoms with Crippen molar-refractivity contribution in [3.8, 4) is 6.07 Å². The maximum absolute atomic E-state index is 12.1. The first-order chi connectivity index (χ1) is 9.51. The first kappa shape index (κ1) is 14.2. The molecule has 3 N–H and O–H groups in total. The summed E-state index contributed by atoms with van der Waals surface area (Å²) in [6.07, 6.45) is 0. The molecule has 0 unspecified atom stereocenters. The molecular formula is C14H9Cl2N3O. The molecule has 20 heavy (non-hydrogen) atoms. The van der Waals surface area contributed by atoms with Crippen molar-refractivity contribution >= 4 is 40.5 Å². The van der Waals surface area contributed by atoms with Crippen molar-refractivity contribution in [2.75, 3.05) is 11.1 Å². The molecule has 2 aromatic carbocycles. The maximum Gasteiger partial charge on any atom is 0.255 e. The molecule has 0 aromatic heterocycles. The van der Waals surface area contributed by atoms with Gasteiger partial charge in [-0.25, -0.2) is 0 Å². The summed E-state index contributed by atoms with van der Waals surface area (Å²) < 4.78 is 0. The molecule has 2 rings (SSSR count). The number of nitrogens with zero attached hydrogens (tertiary/aromatic N) is 1. The molecule has 0 heterocycles. The fourth-order valence-electron chi connectivity index (χ4n) is 1.59. The number of benzene rings is 2. The lowest BCUT2D eigenvalue weighted by molar-refractivity contribution is 0.102. The van der Waals surface area contributed by atoms with Crippen LogP contribution in [0.2, 0.25) is 10.0 Å². The van der Waals surface area contributed by atoms with E-state index in [9.17, 15) is 4.79 Å². The number of nitrogens with one attached hydrogen (secondary N) is 1. The minimum absolute atomic E-state index is 0.216. The second-order valence-corrected chi connectivity index (χ2v) is 4.81. The van der Waals surface area contributed by atoms with Gasteiger partial charge in [0.05, 0.1) is 27.4 Å². The summed E-state index contributed by atoms with van der Waals surface area (Å²) in [5.74, 6) is -0.385. The molecule has 0 aliphatic rings. The molecule has 0 fully saturated rings. The van der Waals surface area contributed by atoms with Crippen molar-refractivity contribution in [2.24, 2.45) is 0 Å². The number of nitrogen functional groups attached to an aromatic ring is 1. The summed E-state index contributed by atoms with van der Waals surface area (Å²) in [6.45, 7) is 0. The Kier molecular flexibility index (Phi) is 4.14. The minimum Gasteiger partial charge on any atom is -0.396 e. The number of nitriles is 1. The van der Waals surface area contributed by atoms with E-state index in [0.717, 1.165) is 0 Å². The number of nitrogens with two attached hydrogens (primary N) is 1. The number of rotatable bonds is 2. The summed E-state index contributed by atoms with van der Waals surface area (Å²) in [5, 5.41) is 11.9. The van der Waals surface area contributed by atoms with E-state index in [-0.39, 0.29) is 27.2 Å². The lowest BCUT2D eigenvalue weighted by Gasteiger charge is -2.08. The molecule has 0 spiro atoms. The molecule has 0 radical (unpaired) electrons. The van der Waals surface area contributed by atoms with Gasteiger partial charge in [0.15, 0.2) is 0 Å². The van der Waals surface area contributed by atoms with E-state index in [4.69, 9.17) is 34.2 Å². The highest BCUT2D eigenvalue weighted by Crippen LogP contribution is 2.29. The summed E-state index contributed by atoms with van der Waals surface area (Å²) >= 11 is 11.8. The van der Waals surface area contributed by atoms with Gasteiger partial charge in [-0.1, -0.05) is 29.3 Å². The lowest BCUT2D eigenvalue weighted by Crippen LogP contribution is -2.12. The molecule has 1 amide bonds. The van der Waals surface area contributed by atoms with Crippen LogP contribution in [0.25, 0.3) is 0 Å². The number of anilines is 2. The molecule has 2 aromatic rings. The highest BCUT2D eigenvalue weighted by Gasteiger charge is 2.11. The maximum atomic E-state index is 12.1. The van der Waals surface area contributed by atoms with Crippen LogP contribution >= 0.6 is 23.2 Å². The second-order valence-electron chi connectivity index (χ2n) is 4.00. The Balaban J connectivity index is 2.26. The molecular weight excluding hydrogens is 297 g/mol. The van der Waals surface area contributed by atoms with Crippen LogP contribution < -0.4 is 11.1 Å². The molecule has 0 saturated heterocycles. The van der Waals surface area contributed by atoms with Crippen LogP contribution in [0.3, 0.4) is 0 Å². The Morgan fingerprint density at radius 3 is 2.45 bits per heavy atom. The molecule has 0 aliphatic heterocycles. The van der Waals surface area contributed by atoms with E-state index in [1.54, 1.807) is 24.3 Å². The number of carbonyl (C=O) groups excluding carboxylic acids is 1. The average Bonchev–Trinajstić information content (AvgIpc) is 2.44. The van der Waals surface area contributed by atoms with Gasteiger partial charge in [0.2, 0.25) is 0 Å². The predicted molar refractivity (Wildman–Crippen MR) is 80.0 cm³/mol. The Morgan fingerprint density at radius 2 is 1.85 bits per heavy atom. The molecule has 0 bridgehead atoms. The quantitative estimate of drug-likeness (QED) is 0.830. The Hall–Kier alpha value is -2.22. The van der Waals surface area contributed by atoms with E-state index in [1.165, 1.54) is 12.1 Å². The van der Waals surface area contributed by atoms with Crippen molar-refractivity contribution in [2.45, 2.75) is 0 Å². The fourth-order valence-corrected chi connectivity index (χ4v) is 2.07. The van der Waals surface area contributed by atoms with Crippen molar-refractivity contribution in [3.63, 3.8) is 0 Å². The van der Waals surface area contributed by atoms with Crippen LogP contribution in [0.4, 0.5) is 11.4 Å². The Labute approximate surface area is 125 Å². The fraction of sp³-hybridized carbons (Fsp3) is 0. The van der Waals surface area contributed by atoms with Gasteiger partial charge in [-0.2, -0.15) is 5.26 Å². The minimum atomic E-state index is -0.385. The summed E-state index contributed by atoms with van der Waals surface area (Å²) in [5.41, 5.74) is 7.10. The number of hydrogen-bond donors (Lipinski definition) is 2. The van der Waals surface area contributed by atoms with Gasteiger partial charge >= 0.3 is 0 Å². The summed E-state index contributed by atoms with van der Waals surface area (Å²) in [4.78, 5) is 12.1. The van der Waals surface area contributed by atoms with E-state index >= 15 is 0 Å². The van der Waals surface area contributed by atoms with Crippen LogP contribution in [0.5, 0.6) is 0 Å². The Morgan fingerprint density at radius 1 is 1.20 bits per heavy atom. The van der Waals surface area contributed by atoms with Gasteiger partial charge in [-0.05, 0) is 30.3 Å². The van der Waals surface area contributed by atoms with Gasteiger partial charge in [-0.15, -0.1) is 0 Å². The monoisotopic (exact) mass is 305 g/mol. The van der Waals surface area contributed by atoms with Crippen molar-refractivity contribution in [3.05, 3.63) is 57.6 Å². The molecule has 0 aliphatic carbocycles. The third kappa shape index (κ3) is 3.02. The van der Waals surface area contributed by atoms with E-state index in [0.29, 0.717) is 11.3 Å². The first-order valence-corrected chi connectivity index (χ1v) is 6.33. The first-order valence-electron chi connectivity index (χ1n) is 5.57. The van der Waals surface area contributed by atoms with Gasteiger partial charge < -0.3 is 11.1 Å². The molecule has 0 saturated carbocycles. The largest absolute Gasteiger partial charge is 0.396 e. The van der Waals surface area contributed by atoms with Crippen LogP contribution in [0.1, 0.15) is 15.9 Å². The zero-order chi connectivity index (χ0) is 14.7. The zero-order valence-electron chi connectivity index (χ0n) is 10.2. The highest BCUT2D eigenvalue weighted by atomic mass is 35.5. The number of halogens is 2. The third-order valence-electron chi connectivity index (χ3n) is 2.59. The van der Waals surface area contributed by atoms with Crippen molar-refractivity contribution < 1.29 is 4.79 Å². The molecule has 6 heteroatoms. The zero-order valence-corrected chi connectivity index (χ0v) is 11.7. The van der Waals surface area contributed by atoms with Crippen LogP contribution in [-0.4, -0.2) is 5.91 Å². The lowest BCUT2D eigenvalue weighted by atomic mass is 10.1. The van der Waals surface area contributed by atoms with Crippen molar-refractivity contribution in [1.29, 1.82) is 5.26 Å². The van der Waals surface area contributed by atoms with Gasteiger partial charge in [0.25, 0.3) is 5.91 Å². The molecule has 100 valence electrons. The van der Waals surface area contributed by atoms with Crippen LogP contribution in [0, 0.1) is 11.3 Å². The van der Waals surface area contributed by atoms with Crippen LogP contribution in [0.15, 0.2) is 36.4 Å². The van der Waals surface area contributed by atoms with Crippen LogP contribution in [-0.2, 0) is 0 Å². The molecule has 4 nitrogen and oxygen atoms in total. The summed E-state index contributed by atoms with van der Waals surface area (Å²) in [6, 6.07) is 11.4. The SMILES string of the molecule is N#Cc1cccc(NC(=O)c2cc(Cl)c(N)c(Cl)c2)c1. The highest BCUT2D eigenvalue weighted by molar-refractivity contribution is 6.39. The third-order valence-corrected chi connectivity index (χ3v) is 3.22. The number of carbonyl (C=O) groups is 1. The Bertz CT molecular complexity index is 700. The van der Waals surface area contributed by atoms with E-state index in [2.05, 4.69) is 5.32 Å². The standard InChI is InChI=1S/C14H9Cl2N3O/c15-11-5-9(6-12(16)13(11)18)14(20)19-10-3-1-2-8(4-10)7-17/h1-6H,18H2,(H,19,20). The van der Waals surface area contributed by atoms with Gasteiger partial charge in [-0.3, -0.25) is 4.79 Å². The van der Waals surface area contributed by atoms with E-state index < -0.39 is 0 Å². The van der Waals surface area contributed by atoms with Gasteiger partial charge in [0.1, 0.15) is 0 Å². The molecule has 0 atom stereocenters. The van der Waals surface area contributed by atoms with E-state index in [1.807, 2.05) is 6.07 Å². The van der Waals surface area contributed by atoms with Crippen molar-refractivity contribution in [1.82, 2.24) is 0 Å². The average molecular weight is 306 g/mol. The number of hydrogen-bond acceptors (Lipinski definition) is 3.